The Bertz CT molecular complexity index is 456. The van der Waals surface area contributed by atoms with Gasteiger partial charge in [0.1, 0.15) is 11.1 Å². The van der Waals surface area contributed by atoms with E-state index in [1.165, 1.54) is 11.3 Å². The van der Waals surface area contributed by atoms with Gasteiger partial charge < -0.3 is 10.1 Å². The van der Waals surface area contributed by atoms with E-state index in [1.807, 2.05) is 13.0 Å². The van der Waals surface area contributed by atoms with E-state index in [0.29, 0.717) is 23.8 Å². The van der Waals surface area contributed by atoms with Crippen molar-refractivity contribution in [1.29, 1.82) is 5.26 Å². The van der Waals surface area contributed by atoms with Crippen molar-refractivity contribution in [3.63, 3.8) is 0 Å². The van der Waals surface area contributed by atoms with Gasteiger partial charge in [0.05, 0.1) is 18.1 Å². The summed E-state index contributed by atoms with van der Waals surface area (Å²) < 4.78 is 5.18. The average molecular weight is 250 g/mol. The van der Waals surface area contributed by atoms with Crippen LogP contribution in [0.25, 0.3) is 0 Å². The van der Waals surface area contributed by atoms with Crippen LogP contribution in [0, 0.1) is 17.2 Å². The molecule has 2 rings (SSSR count). The molecule has 1 fully saturated rings. The molecule has 5 heteroatoms. The molecule has 1 unspecified atom stereocenters. The lowest BCUT2D eigenvalue weighted by Crippen LogP contribution is -2.22. The van der Waals surface area contributed by atoms with Crippen molar-refractivity contribution in [2.75, 3.05) is 18.5 Å². The van der Waals surface area contributed by atoms with Crippen LogP contribution in [0.2, 0.25) is 0 Å². The second-order valence-electron chi connectivity index (χ2n) is 3.97. The quantitative estimate of drug-likeness (QED) is 0.894. The molecular formula is C12H14N2O2S. The first-order valence-corrected chi connectivity index (χ1v) is 6.47. The van der Waals surface area contributed by atoms with Crippen molar-refractivity contribution in [2.24, 2.45) is 5.92 Å². The van der Waals surface area contributed by atoms with Gasteiger partial charge in [-0.1, -0.05) is 6.92 Å². The summed E-state index contributed by atoms with van der Waals surface area (Å²) in [5.41, 5.74) is 0.555. The van der Waals surface area contributed by atoms with Gasteiger partial charge in [0.15, 0.2) is 0 Å². The van der Waals surface area contributed by atoms with Crippen molar-refractivity contribution in [3.05, 3.63) is 16.5 Å². The first-order valence-electron chi connectivity index (χ1n) is 5.66. The van der Waals surface area contributed by atoms with E-state index >= 15 is 0 Å². The predicted molar refractivity (Wildman–Crippen MR) is 66.0 cm³/mol. The van der Waals surface area contributed by atoms with E-state index in [4.69, 9.17) is 10.00 Å². The Hall–Kier alpha value is -1.38. The van der Waals surface area contributed by atoms with Crippen LogP contribution >= 0.6 is 11.3 Å². The molecule has 0 aliphatic carbocycles. The Balaban J connectivity index is 2.09. The Morgan fingerprint density at radius 2 is 2.59 bits per heavy atom. The minimum atomic E-state index is -0.0753. The fourth-order valence-corrected chi connectivity index (χ4v) is 2.70. The number of ether oxygens (including phenoxy) is 1. The maximum absolute atomic E-state index is 11.9. The third-order valence-corrected chi connectivity index (χ3v) is 3.98. The number of hydrogen-bond acceptors (Lipinski definition) is 4. The molecule has 1 aromatic heterocycles. The third kappa shape index (κ3) is 2.65. The van der Waals surface area contributed by atoms with Gasteiger partial charge in [-0.05, 0) is 18.9 Å². The van der Waals surface area contributed by atoms with Crippen molar-refractivity contribution in [3.8, 4) is 6.07 Å². The summed E-state index contributed by atoms with van der Waals surface area (Å²) in [5.74, 6) is -0.114. The minimum absolute atomic E-state index is 0.0384. The predicted octanol–water partition coefficient (Wildman–Crippen LogP) is 2.16. The zero-order chi connectivity index (χ0) is 12.3. The molecule has 2 heterocycles. The maximum atomic E-state index is 11.9. The Kier molecular flexibility index (Phi) is 3.77. The number of aryl methyl sites for hydroxylation is 1. The fourth-order valence-electron chi connectivity index (χ4n) is 1.75. The highest BCUT2D eigenvalue weighted by molar-refractivity contribution is 7.16. The number of hydrogen-bond donors (Lipinski definition) is 1. The number of thiophene rings is 1. The number of amides is 1. The van der Waals surface area contributed by atoms with Crippen LogP contribution in [-0.4, -0.2) is 19.1 Å². The van der Waals surface area contributed by atoms with Crippen LogP contribution in [0.4, 0.5) is 5.00 Å². The molecule has 1 amide bonds. The van der Waals surface area contributed by atoms with Crippen molar-refractivity contribution in [2.45, 2.75) is 19.8 Å². The van der Waals surface area contributed by atoms with E-state index in [2.05, 4.69) is 11.4 Å². The number of nitriles is 1. The van der Waals surface area contributed by atoms with Gasteiger partial charge in [-0.15, -0.1) is 11.3 Å². The molecule has 90 valence electrons. The highest BCUT2D eigenvalue weighted by Crippen LogP contribution is 2.28. The van der Waals surface area contributed by atoms with Crippen LogP contribution < -0.4 is 5.32 Å². The van der Waals surface area contributed by atoms with Gasteiger partial charge in [-0.3, -0.25) is 4.79 Å². The number of anilines is 1. The Morgan fingerprint density at radius 3 is 3.18 bits per heavy atom. The van der Waals surface area contributed by atoms with Crippen LogP contribution in [-0.2, 0) is 16.0 Å². The molecule has 1 aromatic rings. The summed E-state index contributed by atoms with van der Waals surface area (Å²) in [6.07, 6.45) is 1.64. The average Bonchev–Trinajstić information content (AvgIpc) is 2.97. The van der Waals surface area contributed by atoms with Gasteiger partial charge in [0, 0.05) is 11.5 Å². The molecule has 0 spiro atoms. The molecule has 1 saturated heterocycles. The zero-order valence-corrected chi connectivity index (χ0v) is 10.5. The molecule has 0 bridgehead atoms. The lowest BCUT2D eigenvalue weighted by Gasteiger charge is -2.07. The van der Waals surface area contributed by atoms with Crippen LogP contribution in [0.5, 0.6) is 0 Å². The molecule has 0 saturated carbocycles. The number of carbonyl (C=O) groups excluding carboxylic acids is 1. The van der Waals surface area contributed by atoms with Crippen molar-refractivity contribution >= 4 is 22.2 Å². The van der Waals surface area contributed by atoms with E-state index in [1.54, 1.807) is 0 Å². The smallest absolute Gasteiger partial charge is 0.230 e. The molecule has 17 heavy (non-hydrogen) atoms. The second kappa shape index (κ2) is 5.30. The van der Waals surface area contributed by atoms with Crippen molar-refractivity contribution in [1.82, 2.24) is 0 Å². The van der Waals surface area contributed by atoms with E-state index in [9.17, 15) is 4.79 Å². The molecule has 4 nitrogen and oxygen atoms in total. The molecule has 1 N–H and O–H groups in total. The summed E-state index contributed by atoms with van der Waals surface area (Å²) in [6, 6.07) is 3.95. The normalized spacial score (nSPS) is 18.9. The Morgan fingerprint density at radius 1 is 1.76 bits per heavy atom. The minimum Gasteiger partial charge on any atom is -0.381 e. The zero-order valence-electron chi connectivity index (χ0n) is 9.66. The van der Waals surface area contributed by atoms with Gasteiger partial charge >= 0.3 is 0 Å². The van der Waals surface area contributed by atoms with Gasteiger partial charge in [0.2, 0.25) is 5.91 Å². The summed E-state index contributed by atoms with van der Waals surface area (Å²) in [7, 11) is 0. The van der Waals surface area contributed by atoms with Crippen LogP contribution in [0.1, 0.15) is 23.8 Å². The van der Waals surface area contributed by atoms with E-state index in [0.717, 1.165) is 17.7 Å². The molecule has 0 aromatic carbocycles. The third-order valence-electron chi connectivity index (χ3n) is 2.79. The van der Waals surface area contributed by atoms with Crippen LogP contribution in [0.3, 0.4) is 0 Å². The summed E-state index contributed by atoms with van der Waals surface area (Å²) in [4.78, 5) is 13.0. The number of nitrogens with one attached hydrogen (secondary N) is 1. The lowest BCUT2D eigenvalue weighted by atomic mass is 10.1. The standard InChI is InChI=1S/C12H14N2O2S/c1-2-10-5-9(6-13)12(17-10)14-11(15)8-3-4-16-7-8/h5,8H,2-4,7H2,1H3,(H,14,15). The first kappa shape index (κ1) is 12.1. The van der Waals surface area contributed by atoms with Crippen molar-refractivity contribution < 1.29 is 9.53 Å². The number of nitrogens with zero attached hydrogens (tertiary/aromatic N) is 1. The summed E-state index contributed by atoms with van der Waals surface area (Å²) >= 11 is 1.48. The fraction of sp³-hybridized carbons (Fsp3) is 0.500. The molecule has 0 radical (unpaired) electrons. The van der Waals surface area contributed by atoms with Gasteiger partial charge in [0.25, 0.3) is 0 Å². The van der Waals surface area contributed by atoms with Crippen LogP contribution in [0.15, 0.2) is 6.07 Å². The highest BCUT2D eigenvalue weighted by Gasteiger charge is 2.24. The molecule has 1 aliphatic rings. The lowest BCUT2D eigenvalue weighted by molar-refractivity contribution is -0.119. The molecule has 1 atom stereocenters. The SMILES string of the molecule is CCc1cc(C#N)c(NC(=O)C2CCOC2)s1. The second-order valence-corrected chi connectivity index (χ2v) is 5.11. The Labute approximate surface area is 104 Å². The van der Waals surface area contributed by atoms with Gasteiger partial charge in [-0.25, -0.2) is 0 Å². The maximum Gasteiger partial charge on any atom is 0.230 e. The first-order chi connectivity index (χ1) is 8.24. The molecular weight excluding hydrogens is 236 g/mol. The van der Waals surface area contributed by atoms with E-state index in [-0.39, 0.29) is 11.8 Å². The largest absolute Gasteiger partial charge is 0.381 e. The highest BCUT2D eigenvalue weighted by atomic mass is 32.1. The topological polar surface area (TPSA) is 62.1 Å². The summed E-state index contributed by atoms with van der Waals surface area (Å²) in [6.45, 7) is 3.16. The molecule has 1 aliphatic heterocycles. The summed E-state index contributed by atoms with van der Waals surface area (Å²) in [5, 5.41) is 12.5. The van der Waals surface area contributed by atoms with E-state index < -0.39 is 0 Å². The monoisotopic (exact) mass is 250 g/mol. The number of rotatable bonds is 3. The van der Waals surface area contributed by atoms with Gasteiger partial charge in [-0.2, -0.15) is 5.26 Å². The number of carbonyl (C=O) groups is 1.